The summed E-state index contributed by atoms with van der Waals surface area (Å²) in [6.07, 6.45) is 4.87. The monoisotopic (exact) mass is 272 g/mol. The van der Waals surface area contributed by atoms with Crippen LogP contribution in [-0.4, -0.2) is 61.2 Å². The molecule has 5 heteroatoms. The van der Waals surface area contributed by atoms with E-state index in [1.54, 1.807) is 0 Å². The summed E-state index contributed by atoms with van der Waals surface area (Å²) in [7, 11) is 1.90. The normalized spacial score (nSPS) is 25.3. The van der Waals surface area contributed by atoms with Crippen LogP contribution >= 0.6 is 11.8 Å². The minimum Gasteiger partial charge on any atom is -0.376 e. The second-order valence-corrected chi connectivity index (χ2v) is 6.46. The number of piperidine rings is 1. The molecule has 4 nitrogen and oxygen atoms in total. The van der Waals surface area contributed by atoms with Gasteiger partial charge in [-0.1, -0.05) is 0 Å². The third-order valence-corrected chi connectivity index (χ3v) is 5.01. The zero-order valence-corrected chi connectivity index (χ0v) is 12.0. The second-order valence-electron chi connectivity index (χ2n) is 5.17. The minimum atomic E-state index is 0.244. The Balaban J connectivity index is 1.63. The molecule has 2 heterocycles. The first kappa shape index (κ1) is 14.2. The van der Waals surface area contributed by atoms with E-state index in [-0.39, 0.29) is 12.0 Å². The van der Waals surface area contributed by atoms with Crippen molar-refractivity contribution in [2.24, 2.45) is 0 Å². The summed E-state index contributed by atoms with van der Waals surface area (Å²) in [5, 5.41) is 4.01. The van der Waals surface area contributed by atoms with Crippen LogP contribution in [0, 0.1) is 0 Å². The van der Waals surface area contributed by atoms with Crippen molar-refractivity contribution in [1.29, 1.82) is 0 Å². The largest absolute Gasteiger partial charge is 0.376 e. The molecule has 0 aromatic rings. The number of hydrogen-bond donors (Lipinski definition) is 1. The summed E-state index contributed by atoms with van der Waals surface area (Å²) >= 11 is 1.82. The van der Waals surface area contributed by atoms with Crippen LogP contribution in [-0.2, 0) is 9.53 Å². The third-order valence-electron chi connectivity index (χ3n) is 3.66. The maximum absolute atomic E-state index is 12.0. The molecule has 0 aromatic heterocycles. The van der Waals surface area contributed by atoms with Gasteiger partial charge in [0.2, 0.25) is 5.91 Å². The standard InChI is InChI=1S/C13H24N2O2S/c1-15(9-11-3-2-8-17-11)13(16)10-18-12-4-6-14-7-5-12/h11-12,14H,2-10H2,1H3. The number of thioether (sulfide) groups is 1. The molecule has 1 amide bonds. The van der Waals surface area contributed by atoms with E-state index in [1.165, 1.54) is 12.8 Å². The van der Waals surface area contributed by atoms with Crippen molar-refractivity contribution in [1.82, 2.24) is 10.2 Å². The molecule has 104 valence electrons. The van der Waals surface area contributed by atoms with E-state index in [1.807, 2.05) is 23.7 Å². The Hall–Kier alpha value is -0.260. The molecule has 0 saturated carbocycles. The molecule has 18 heavy (non-hydrogen) atoms. The Bertz CT molecular complexity index is 264. The number of ether oxygens (including phenoxy) is 1. The fraction of sp³-hybridized carbons (Fsp3) is 0.923. The van der Waals surface area contributed by atoms with Gasteiger partial charge in [0.05, 0.1) is 11.9 Å². The summed E-state index contributed by atoms with van der Waals surface area (Å²) in [5.74, 6) is 0.863. The number of hydrogen-bond acceptors (Lipinski definition) is 4. The van der Waals surface area contributed by atoms with Crippen LogP contribution in [0.15, 0.2) is 0 Å². The quantitative estimate of drug-likeness (QED) is 0.814. The van der Waals surface area contributed by atoms with Crippen molar-refractivity contribution in [2.45, 2.75) is 37.0 Å². The van der Waals surface area contributed by atoms with Gasteiger partial charge < -0.3 is 15.0 Å². The number of amides is 1. The molecule has 1 N–H and O–H groups in total. The fourth-order valence-corrected chi connectivity index (χ4v) is 3.62. The van der Waals surface area contributed by atoms with Crippen molar-refractivity contribution < 1.29 is 9.53 Å². The summed E-state index contributed by atoms with van der Waals surface area (Å²) < 4.78 is 5.56. The molecule has 1 unspecified atom stereocenters. The van der Waals surface area contributed by atoms with Gasteiger partial charge in [-0.3, -0.25) is 4.79 Å². The lowest BCUT2D eigenvalue weighted by atomic mass is 10.2. The molecule has 2 aliphatic rings. The Labute approximate surface area is 114 Å². The van der Waals surface area contributed by atoms with Gasteiger partial charge >= 0.3 is 0 Å². The predicted molar refractivity (Wildman–Crippen MR) is 75.0 cm³/mol. The average molecular weight is 272 g/mol. The molecule has 2 fully saturated rings. The lowest BCUT2D eigenvalue weighted by Gasteiger charge is -2.24. The number of nitrogens with zero attached hydrogens (tertiary/aromatic N) is 1. The van der Waals surface area contributed by atoms with Crippen molar-refractivity contribution in [2.75, 3.05) is 39.0 Å². The highest BCUT2D eigenvalue weighted by Gasteiger charge is 2.21. The van der Waals surface area contributed by atoms with Gasteiger partial charge in [0, 0.05) is 25.4 Å². The summed E-state index contributed by atoms with van der Waals surface area (Å²) in [6, 6.07) is 0. The van der Waals surface area contributed by atoms with Crippen LogP contribution in [0.25, 0.3) is 0 Å². The molecule has 1 atom stereocenters. The zero-order valence-electron chi connectivity index (χ0n) is 11.2. The van der Waals surface area contributed by atoms with Crippen LogP contribution in [0.1, 0.15) is 25.7 Å². The first-order valence-corrected chi connectivity index (χ1v) is 7.98. The van der Waals surface area contributed by atoms with Crippen LogP contribution in [0.5, 0.6) is 0 Å². The van der Waals surface area contributed by atoms with Gasteiger partial charge in [0.25, 0.3) is 0 Å². The maximum atomic E-state index is 12.0. The molecule has 0 radical (unpaired) electrons. The molecule has 2 saturated heterocycles. The summed E-state index contributed by atoms with van der Waals surface area (Å²) in [5.41, 5.74) is 0. The predicted octanol–water partition coefficient (Wildman–Crippen LogP) is 1.11. The van der Waals surface area contributed by atoms with E-state index < -0.39 is 0 Å². The molecule has 2 aliphatic heterocycles. The fourth-order valence-electron chi connectivity index (χ4n) is 2.46. The van der Waals surface area contributed by atoms with E-state index in [4.69, 9.17) is 4.74 Å². The van der Waals surface area contributed by atoms with Gasteiger partial charge in [0.1, 0.15) is 0 Å². The van der Waals surface area contributed by atoms with Crippen LogP contribution in [0.3, 0.4) is 0 Å². The van der Waals surface area contributed by atoms with Gasteiger partial charge in [-0.2, -0.15) is 0 Å². The number of carbonyl (C=O) groups is 1. The topological polar surface area (TPSA) is 41.6 Å². The van der Waals surface area contributed by atoms with E-state index in [0.29, 0.717) is 11.0 Å². The van der Waals surface area contributed by atoms with Crippen LogP contribution in [0.4, 0.5) is 0 Å². The van der Waals surface area contributed by atoms with Gasteiger partial charge in [-0.25, -0.2) is 0 Å². The highest BCUT2D eigenvalue weighted by Crippen LogP contribution is 2.20. The molecule has 0 aromatic carbocycles. The van der Waals surface area contributed by atoms with Crippen molar-refractivity contribution >= 4 is 17.7 Å². The first-order chi connectivity index (χ1) is 8.75. The SMILES string of the molecule is CN(CC1CCCO1)C(=O)CSC1CCNCC1. The van der Waals surface area contributed by atoms with Gasteiger partial charge in [0.15, 0.2) is 0 Å². The second kappa shape index (κ2) is 7.36. The Kier molecular flexibility index (Phi) is 5.79. The smallest absolute Gasteiger partial charge is 0.232 e. The molecule has 0 spiro atoms. The van der Waals surface area contributed by atoms with Crippen molar-refractivity contribution in [3.63, 3.8) is 0 Å². The van der Waals surface area contributed by atoms with E-state index in [2.05, 4.69) is 5.32 Å². The van der Waals surface area contributed by atoms with Crippen LogP contribution in [0.2, 0.25) is 0 Å². The van der Waals surface area contributed by atoms with Crippen LogP contribution < -0.4 is 5.32 Å². The van der Waals surface area contributed by atoms with E-state index in [9.17, 15) is 4.79 Å². The number of carbonyl (C=O) groups excluding carboxylic acids is 1. The van der Waals surface area contributed by atoms with Gasteiger partial charge in [-0.15, -0.1) is 11.8 Å². The summed E-state index contributed by atoms with van der Waals surface area (Å²) in [6.45, 7) is 3.80. The number of rotatable bonds is 5. The lowest BCUT2D eigenvalue weighted by Crippen LogP contribution is -2.36. The number of likely N-dealkylation sites (N-methyl/N-ethyl adjacent to an activating group) is 1. The Morgan fingerprint density at radius 2 is 2.17 bits per heavy atom. The lowest BCUT2D eigenvalue weighted by molar-refractivity contribution is -0.128. The van der Waals surface area contributed by atoms with Gasteiger partial charge in [-0.05, 0) is 38.8 Å². The Morgan fingerprint density at radius 3 is 2.83 bits per heavy atom. The number of nitrogens with one attached hydrogen (secondary N) is 1. The van der Waals surface area contributed by atoms with Crippen molar-refractivity contribution in [3.8, 4) is 0 Å². The molecule has 0 aliphatic carbocycles. The first-order valence-electron chi connectivity index (χ1n) is 6.93. The molecule has 0 bridgehead atoms. The summed E-state index contributed by atoms with van der Waals surface area (Å²) in [4.78, 5) is 13.8. The molecule has 2 rings (SSSR count). The maximum Gasteiger partial charge on any atom is 0.232 e. The Morgan fingerprint density at radius 1 is 1.39 bits per heavy atom. The highest BCUT2D eigenvalue weighted by molar-refractivity contribution is 8.00. The van der Waals surface area contributed by atoms with E-state index >= 15 is 0 Å². The molecular formula is C13H24N2O2S. The van der Waals surface area contributed by atoms with E-state index in [0.717, 1.165) is 39.1 Å². The molecular weight excluding hydrogens is 248 g/mol. The third kappa shape index (κ3) is 4.44. The van der Waals surface area contributed by atoms with Crippen molar-refractivity contribution in [3.05, 3.63) is 0 Å². The average Bonchev–Trinajstić information content (AvgIpc) is 2.90. The minimum absolute atomic E-state index is 0.244. The zero-order chi connectivity index (χ0) is 12.8. The highest BCUT2D eigenvalue weighted by atomic mass is 32.2.